The molecule has 1 fully saturated rings. The highest BCUT2D eigenvalue weighted by atomic mass is 32.2. The molecule has 1 atom stereocenters. The minimum atomic E-state index is -3.00. The van der Waals surface area contributed by atoms with Crippen LogP contribution in [0, 0.1) is 6.92 Å². The lowest BCUT2D eigenvalue weighted by Crippen LogP contribution is -2.38. The Labute approximate surface area is 124 Å². The number of aryl methyl sites for hydroxylation is 1. The van der Waals surface area contributed by atoms with Gasteiger partial charge >= 0.3 is 6.03 Å². The van der Waals surface area contributed by atoms with Crippen LogP contribution in [0.1, 0.15) is 18.9 Å². The first-order chi connectivity index (χ1) is 9.89. The monoisotopic (exact) mass is 312 g/mol. The topological polar surface area (TPSA) is 84.5 Å². The molecule has 7 heteroatoms. The van der Waals surface area contributed by atoms with Crippen LogP contribution in [-0.4, -0.2) is 38.6 Å². The Kier molecular flexibility index (Phi) is 4.72. The molecule has 1 unspecified atom stereocenters. The SMILES string of the molecule is CCOc1cc(C)ccc1NC(=O)NC1CCS(=O)(=O)C1. The van der Waals surface area contributed by atoms with Gasteiger partial charge in [-0.2, -0.15) is 0 Å². The van der Waals surface area contributed by atoms with E-state index in [2.05, 4.69) is 10.6 Å². The van der Waals surface area contributed by atoms with Crippen molar-refractivity contribution in [1.82, 2.24) is 5.32 Å². The van der Waals surface area contributed by atoms with Gasteiger partial charge < -0.3 is 15.4 Å². The molecule has 0 saturated carbocycles. The predicted molar refractivity (Wildman–Crippen MR) is 81.6 cm³/mol. The van der Waals surface area contributed by atoms with Crippen LogP contribution in [0.15, 0.2) is 18.2 Å². The number of carbonyl (C=O) groups excluding carboxylic acids is 1. The Morgan fingerprint density at radius 3 is 2.81 bits per heavy atom. The van der Waals surface area contributed by atoms with Crippen molar-refractivity contribution in [2.45, 2.75) is 26.3 Å². The Hall–Kier alpha value is -1.76. The van der Waals surface area contributed by atoms with Crippen LogP contribution in [-0.2, 0) is 9.84 Å². The molecular formula is C14H20N2O4S. The number of ether oxygens (including phenoxy) is 1. The van der Waals surface area contributed by atoms with E-state index in [0.717, 1.165) is 5.56 Å². The average molecular weight is 312 g/mol. The maximum Gasteiger partial charge on any atom is 0.319 e. The van der Waals surface area contributed by atoms with Gasteiger partial charge in [0.05, 0.1) is 23.8 Å². The zero-order chi connectivity index (χ0) is 15.5. The summed E-state index contributed by atoms with van der Waals surface area (Å²) < 4.78 is 28.2. The van der Waals surface area contributed by atoms with Crippen molar-refractivity contribution < 1.29 is 17.9 Å². The van der Waals surface area contributed by atoms with E-state index >= 15 is 0 Å². The Morgan fingerprint density at radius 2 is 2.19 bits per heavy atom. The Bertz CT molecular complexity index is 628. The fraction of sp³-hybridized carbons (Fsp3) is 0.500. The molecule has 2 N–H and O–H groups in total. The first-order valence-electron chi connectivity index (χ1n) is 6.91. The van der Waals surface area contributed by atoms with Gasteiger partial charge in [0.25, 0.3) is 0 Å². The third kappa shape index (κ3) is 4.35. The van der Waals surface area contributed by atoms with Crippen LogP contribution < -0.4 is 15.4 Å². The van der Waals surface area contributed by atoms with E-state index in [1.807, 2.05) is 26.0 Å². The van der Waals surface area contributed by atoms with Gasteiger partial charge in [-0.25, -0.2) is 13.2 Å². The van der Waals surface area contributed by atoms with Crippen molar-refractivity contribution in [3.8, 4) is 5.75 Å². The van der Waals surface area contributed by atoms with Gasteiger partial charge in [-0.3, -0.25) is 0 Å². The molecule has 116 valence electrons. The van der Waals surface area contributed by atoms with Crippen molar-refractivity contribution in [1.29, 1.82) is 0 Å². The van der Waals surface area contributed by atoms with E-state index in [4.69, 9.17) is 4.74 Å². The van der Waals surface area contributed by atoms with Crippen LogP contribution in [0.3, 0.4) is 0 Å². The van der Waals surface area contributed by atoms with Crippen LogP contribution >= 0.6 is 0 Å². The highest BCUT2D eigenvalue weighted by molar-refractivity contribution is 7.91. The summed E-state index contributed by atoms with van der Waals surface area (Å²) >= 11 is 0. The molecule has 1 heterocycles. The van der Waals surface area contributed by atoms with Crippen molar-refractivity contribution in [3.05, 3.63) is 23.8 Å². The summed E-state index contributed by atoms with van der Waals surface area (Å²) in [5, 5.41) is 5.39. The van der Waals surface area contributed by atoms with Crippen molar-refractivity contribution in [3.63, 3.8) is 0 Å². The average Bonchev–Trinajstić information content (AvgIpc) is 2.72. The van der Waals surface area contributed by atoms with E-state index < -0.39 is 15.9 Å². The van der Waals surface area contributed by atoms with Gasteiger partial charge in [-0.05, 0) is 38.0 Å². The summed E-state index contributed by atoms with van der Waals surface area (Å²) in [5.41, 5.74) is 1.60. The van der Waals surface area contributed by atoms with Crippen LogP contribution in [0.25, 0.3) is 0 Å². The molecule has 1 aromatic rings. The number of sulfone groups is 1. The maximum absolute atomic E-state index is 11.9. The normalized spacial score (nSPS) is 20.0. The molecule has 1 aliphatic rings. The molecule has 1 aliphatic heterocycles. The molecule has 0 spiro atoms. The largest absolute Gasteiger partial charge is 0.492 e. The number of nitrogens with one attached hydrogen (secondary N) is 2. The number of hydrogen-bond donors (Lipinski definition) is 2. The van der Waals surface area contributed by atoms with E-state index in [-0.39, 0.29) is 17.5 Å². The molecule has 6 nitrogen and oxygen atoms in total. The first-order valence-corrected chi connectivity index (χ1v) is 8.73. The zero-order valence-electron chi connectivity index (χ0n) is 12.2. The second kappa shape index (κ2) is 6.34. The molecule has 21 heavy (non-hydrogen) atoms. The van der Waals surface area contributed by atoms with Gasteiger partial charge in [-0.1, -0.05) is 6.07 Å². The van der Waals surface area contributed by atoms with Gasteiger partial charge in [0.15, 0.2) is 9.84 Å². The molecule has 2 rings (SSSR count). The summed E-state index contributed by atoms with van der Waals surface area (Å²) in [4.78, 5) is 11.9. The summed E-state index contributed by atoms with van der Waals surface area (Å²) in [7, 11) is -3.00. The summed E-state index contributed by atoms with van der Waals surface area (Å²) in [6.07, 6.45) is 0.460. The molecule has 0 aromatic heterocycles. The summed E-state index contributed by atoms with van der Waals surface area (Å²) in [6, 6.07) is 4.75. The molecule has 0 aliphatic carbocycles. The summed E-state index contributed by atoms with van der Waals surface area (Å²) in [5.74, 6) is 0.742. The number of rotatable bonds is 4. The van der Waals surface area contributed by atoms with Gasteiger partial charge in [0.2, 0.25) is 0 Å². The standard InChI is InChI=1S/C14H20N2O4S/c1-3-20-13-8-10(2)4-5-12(13)16-14(17)15-11-6-7-21(18,19)9-11/h4-5,8,11H,3,6-7,9H2,1-2H3,(H2,15,16,17). The second-order valence-electron chi connectivity index (χ2n) is 5.13. The lowest BCUT2D eigenvalue weighted by atomic mass is 10.2. The lowest BCUT2D eigenvalue weighted by Gasteiger charge is -2.15. The van der Waals surface area contributed by atoms with Gasteiger partial charge in [0, 0.05) is 6.04 Å². The lowest BCUT2D eigenvalue weighted by molar-refractivity contribution is 0.249. The molecule has 2 amide bonds. The molecule has 1 saturated heterocycles. The van der Waals surface area contributed by atoms with E-state index in [9.17, 15) is 13.2 Å². The predicted octanol–water partition coefficient (Wildman–Crippen LogP) is 1.70. The van der Waals surface area contributed by atoms with Gasteiger partial charge in [0.1, 0.15) is 5.75 Å². The fourth-order valence-electron chi connectivity index (χ4n) is 2.26. The third-order valence-corrected chi connectivity index (χ3v) is 5.02. The number of benzene rings is 1. The number of hydrogen-bond acceptors (Lipinski definition) is 4. The second-order valence-corrected chi connectivity index (χ2v) is 7.36. The quantitative estimate of drug-likeness (QED) is 0.886. The minimum absolute atomic E-state index is 0.00658. The van der Waals surface area contributed by atoms with E-state index in [1.54, 1.807) is 6.07 Å². The van der Waals surface area contributed by atoms with E-state index in [1.165, 1.54) is 0 Å². The Morgan fingerprint density at radius 1 is 1.43 bits per heavy atom. The molecule has 0 radical (unpaired) electrons. The van der Waals surface area contributed by atoms with Crippen LogP contribution in [0.5, 0.6) is 5.75 Å². The van der Waals surface area contributed by atoms with Crippen molar-refractivity contribution in [2.75, 3.05) is 23.4 Å². The molecule has 1 aromatic carbocycles. The number of amides is 2. The fourth-order valence-corrected chi connectivity index (χ4v) is 3.93. The van der Waals surface area contributed by atoms with Gasteiger partial charge in [-0.15, -0.1) is 0 Å². The Balaban J connectivity index is 1.99. The first kappa shape index (κ1) is 15.6. The zero-order valence-corrected chi connectivity index (χ0v) is 13.0. The van der Waals surface area contributed by atoms with Crippen molar-refractivity contribution >= 4 is 21.6 Å². The molecular weight excluding hydrogens is 292 g/mol. The molecule has 0 bridgehead atoms. The summed E-state index contributed by atoms with van der Waals surface area (Å²) in [6.45, 7) is 4.31. The van der Waals surface area contributed by atoms with Crippen LogP contribution in [0.2, 0.25) is 0 Å². The van der Waals surface area contributed by atoms with Crippen molar-refractivity contribution in [2.24, 2.45) is 0 Å². The smallest absolute Gasteiger partial charge is 0.319 e. The number of anilines is 1. The highest BCUT2D eigenvalue weighted by Crippen LogP contribution is 2.25. The number of carbonyl (C=O) groups is 1. The minimum Gasteiger partial charge on any atom is -0.492 e. The van der Waals surface area contributed by atoms with E-state index in [0.29, 0.717) is 24.5 Å². The van der Waals surface area contributed by atoms with Crippen LogP contribution in [0.4, 0.5) is 10.5 Å². The third-order valence-electron chi connectivity index (χ3n) is 3.25. The highest BCUT2D eigenvalue weighted by Gasteiger charge is 2.29. The maximum atomic E-state index is 11.9. The number of urea groups is 1.